The van der Waals surface area contributed by atoms with Gasteiger partial charge in [0.05, 0.1) is 26.9 Å². The number of rotatable bonds is 5. The van der Waals surface area contributed by atoms with Crippen molar-refractivity contribution >= 4 is 17.7 Å². The number of nitrogens with zero attached hydrogens (tertiary/aromatic N) is 1. The number of para-hydroxylation sites is 2. The van der Waals surface area contributed by atoms with Crippen LogP contribution in [0, 0.1) is 0 Å². The van der Waals surface area contributed by atoms with Gasteiger partial charge in [0.2, 0.25) is 0 Å². The lowest BCUT2D eigenvalue weighted by Gasteiger charge is -2.26. The van der Waals surface area contributed by atoms with Gasteiger partial charge in [0.25, 0.3) is 5.91 Å². The largest absolute Gasteiger partial charge is 0.496 e. The van der Waals surface area contributed by atoms with Crippen molar-refractivity contribution in [3.63, 3.8) is 0 Å². The first kappa shape index (κ1) is 17.5. The van der Waals surface area contributed by atoms with Crippen LogP contribution in [0.3, 0.4) is 0 Å². The smallest absolute Gasteiger partial charge is 0.258 e. The van der Waals surface area contributed by atoms with Crippen molar-refractivity contribution in [1.82, 2.24) is 4.90 Å². The number of hydrogen-bond acceptors (Lipinski definition) is 5. The standard InChI is InChI=1S/C19H21NO4S/c1-22-15-9-5-4-7-13(15)18(21)20-11-12-25-19(20)14-8-6-10-16(23-2)17(14)24-3/h4-10,19H,11-12H2,1-3H3/t19-/m0/s1. The minimum atomic E-state index is -0.123. The first-order chi connectivity index (χ1) is 12.2. The molecule has 1 fully saturated rings. The highest BCUT2D eigenvalue weighted by molar-refractivity contribution is 7.99. The van der Waals surface area contributed by atoms with Crippen LogP contribution >= 0.6 is 11.8 Å². The molecule has 1 atom stereocenters. The Bertz CT molecular complexity index is 765. The van der Waals surface area contributed by atoms with Crippen LogP contribution in [0.4, 0.5) is 0 Å². The van der Waals surface area contributed by atoms with Crippen LogP contribution in [-0.2, 0) is 0 Å². The fourth-order valence-electron chi connectivity index (χ4n) is 3.02. The summed E-state index contributed by atoms with van der Waals surface area (Å²) in [6.07, 6.45) is 0. The molecular formula is C19H21NO4S. The van der Waals surface area contributed by atoms with E-state index in [1.807, 2.05) is 35.2 Å². The van der Waals surface area contributed by atoms with Crippen LogP contribution in [0.15, 0.2) is 42.5 Å². The van der Waals surface area contributed by atoms with Gasteiger partial charge in [0, 0.05) is 17.9 Å². The van der Waals surface area contributed by atoms with Crippen LogP contribution in [-0.4, -0.2) is 44.4 Å². The zero-order chi connectivity index (χ0) is 17.8. The molecule has 0 unspecified atom stereocenters. The Morgan fingerprint density at radius 2 is 1.72 bits per heavy atom. The number of ether oxygens (including phenoxy) is 3. The molecule has 1 aliphatic heterocycles. The molecule has 0 saturated carbocycles. The second kappa shape index (κ2) is 7.70. The number of benzene rings is 2. The highest BCUT2D eigenvalue weighted by Gasteiger charge is 2.34. The van der Waals surface area contributed by atoms with Crippen molar-refractivity contribution in [2.24, 2.45) is 0 Å². The number of carbonyl (C=O) groups excluding carboxylic acids is 1. The van der Waals surface area contributed by atoms with Crippen LogP contribution in [0.5, 0.6) is 17.2 Å². The maximum absolute atomic E-state index is 13.1. The summed E-state index contributed by atoms with van der Waals surface area (Å²) in [5.41, 5.74) is 1.51. The van der Waals surface area contributed by atoms with E-state index in [0.29, 0.717) is 29.4 Å². The first-order valence-electron chi connectivity index (χ1n) is 7.97. The van der Waals surface area contributed by atoms with E-state index in [0.717, 1.165) is 11.3 Å². The van der Waals surface area contributed by atoms with Crippen molar-refractivity contribution < 1.29 is 19.0 Å². The summed E-state index contributed by atoms with van der Waals surface area (Å²) >= 11 is 1.72. The maximum Gasteiger partial charge on any atom is 0.258 e. The summed E-state index contributed by atoms with van der Waals surface area (Å²) in [5.74, 6) is 2.74. The van der Waals surface area contributed by atoms with Gasteiger partial charge >= 0.3 is 0 Å². The fraction of sp³-hybridized carbons (Fsp3) is 0.316. The molecule has 1 heterocycles. The number of carbonyl (C=O) groups is 1. The zero-order valence-electron chi connectivity index (χ0n) is 14.5. The van der Waals surface area contributed by atoms with Crippen LogP contribution < -0.4 is 14.2 Å². The average Bonchev–Trinajstić information content (AvgIpc) is 3.16. The van der Waals surface area contributed by atoms with E-state index >= 15 is 0 Å². The molecule has 6 heteroatoms. The predicted molar refractivity (Wildman–Crippen MR) is 98.8 cm³/mol. The molecule has 5 nitrogen and oxygen atoms in total. The van der Waals surface area contributed by atoms with E-state index in [-0.39, 0.29) is 11.3 Å². The van der Waals surface area contributed by atoms with Gasteiger partial charge in [0.15, 0.2) is 11.5 Å². The third-order valence-electron chi connectivity index (χ3n) is 4.19. The molecule has 3 rings (SSSR count). The van der Waals surface area contributed by atoms with Crippen molar-refractivity contribution in [3.8, 4) is 17.2 Å². The molecule has 0 N–H and O–H groups in total. The zero-order valence-corrected chi connectivity index (χ0v) is 15.3. The van der Waals surface area contributed by atoms with Gasteiger partial charge < -0.3 is 19.1 Å². The van der Waals surface area contributed by atoms with Gasteiger partial charge in [-0.2, -0.15) is 0 Å². The lowest BCUT2D eigenvalue weighted by molar-refractivity contribution is 0.0755. The lowest BCUT2D eigenvalue weighted by atomic mass is 10.1. The van der Waals surface area contributed by atoms with Gasteiger partial charge in [-0.1, -0.05) is 24.3 Å². The summed E-state index contributed by atoms with van der Waals surface area (Å²) in [7, 11) is 4.81. The first-order valence-corrected chi connectivity index (χ1v) is 9.02. The molecule has 0 bridgehead atoms. The molecule has 1 amide bonds. The predicted octanol–water partition coefficient (Wildman–Crippen LogP) is 3.60. The Hall–Kier alpha value is -2.34. The van der Waals surface area contributed by atoms with E-state index in [1.165, 1.54) is 0 Å². The number of methoxy groups -OCH3 is 3. The third-order valence-corrected chi connectivity index (χ3v) is 5.43. The number of hydrogen-bond donors (Lipinski definition) is 0. The Balaban J connectivity index is 1.97. The maximum atomic E-state index is 13.1. The van der Waals surface area contributed by atoms with E-state index < -0.39 is 0 Å². The molecule has 0 aliphatic carbocycles. The summed E-state index contributed by atoms with van der Waals surface area (Å²) in [6, 6.07) is 13.1. The van der Waals surface area contributed by atoms with Crippen LogP contribution in [0.1, 0.15) is 21.3 Å². The van der Waals surface area contributed by atoms with Crippen molar-refractivity contribution in [3.05, 3.63) is 53.6 Å². The highest BCUT2D eigenvalue weighted by Crippen LogP contribution is 2.45. The second-order valence-electron chi connectivity index (χ2n) is 5.50. The van der Waals surface area contributed by atoms with Gasteiger partial charge in [-0.05, 0) is 18.2 Å². The van der Waals surface area contributed by atoms with E-state index in [1.54, 1.807) is 45.2 Å². The van der Waals surface area contributed by atoms with Gasteiger partial charge in [0.1, 0.15) is 11.1 Å². The van der Waals surface area contributed by atoms with E-state index in [4.69, 9.17) is 14.2 Å². The molecule has 25 heavy (non-hydrogen) atoms. The van der Waals surface area contributed by atoms with Gasteiger partial charge in [-0.25, -0.2) is 0 Å². The summed E-state index contributed by atoms with van der Waals surface area (Å²) in [6.45, 7) is 0.673. The van der Waals surface area contributed by atoms with Crippen LogP contribution in [0.25, 0.3) is 0 Å². The number of thioether (sulfide) groups is 1. The Labute approximate surface area is 151 Å². The molecule has 0 spiro atoms. The van der Waals surface area contributed by atoms with Gasteiger partial charge in [-0.15, -0.1) is 11.8 Å². The Morgan fingerprint density at radius 3 is 2.44 bits per heavy atom. The molecule has 0 aromatic heterocycles. The monoisotopic (exact) mass is 359 g/mol. The highest BCUT2D eigenvalue weighted by atomic mass is 32.2. The average molecular weight is 359 g/mol. The molecule has 0 radical (unpaired) electrons. The number of amides is 1. The van der Waals surface area contributed by atoms with E-state index in [2.05, 4.69) is 0 Å². The second-order valence-corrected chi connectivity index (χ2v) is 6.69. The minimum Gasteiger partial charge on any atom is -0.496 e. The molecule has 1 saturated heterocycles. The Kier molecular flexibility index (Phi) is 5.38. The quantitative estimate of drug-likeness (QED) is 0.816. The SMILES string of the molecule is COc1ccccc1C(=O)N1CCS[C@H]1c1cccc(OC)c1OC. The molecule has 2 aromatic rings. The molecule has 2 aromatic carbocycles. The third kappa shape index (κ3) is 3.26. The fourth-order valence-corrected chi connectivity index (χ4v) is 4.29. The summed E-state index contributed by atoms with van der Waals surface area (Å²) in [4.78, 5) is 15.0. The van der Waals surface area contributed by atoms with E-state index in [9.17, 15) is 4.79 Å². The Morgan fingerprint density at radius 1 is 1.00 bits per heavy atom. The van der Waals surface area contributed by atoms with Gasteiger partial charge in [-0.3, -0.25) is 4.79 Å². The molecular weight excluding hydrogens is 338 g/mol. The summed E-state index contributed by atoms with van der Waals surface area (Å²) < 4.78 is 16.3. The normalized spacial score (nSPS) is 16.6. The molecule has 132 valence electrons. The van der Waals surface area contributed by atoms with Crippen LogP contribution in [0.2, 0.25) is 0 Å². The molecule has 1 aliphatic rings. The summed E-state index contributed by atoms with van der Waals surface area (Å²) in [5, 5.41) is -0.123. The van der Waals surface area contributed by atoms with Crippen molar-refractivity contribution in [1.29, 1.82) is 0 Å². The minimum absolute atomic E-state index is 0.0441. The lowest BCUT2D eigenvalue weighted by Crippen LogP contribution is -2.31. The van der Waals surface area contributed by atoms with Crippen molar-refractivity contribution in [2.45, 2.75) is 5.37 Å². The van der Waals surface area contributed by atoms with Crippen molar-refractivity contribution in [2.75, 3.05) is 33.6 Å². The topological polar surface area (TPSA) is 48.0 Å².